The highest BCUT2D eigenvalue weighted by molar-refractivity contribution is 14.1. The zero-order valence-corrected chi connectivity index (χ0v) is 13.3. The molecule has 0 unspecified atom stereocenters. The van der Waals surface area contributed by atoms with Gasteiger partial charge in [-0.25, -0.2) is 8.78 Å². The van der Waals surface area contributed by atoms with Gasteiger partial charge in [-0.1, -0.05) is 18.2 Å². The maximum atomic E-state index is 13.5. The minimum atomic E-state index is -0.712. The van der Waals surface area contributed by atoms with Gasteiger partial charge in [0.2, 0.25) is 0 Å². The van der Waals surface area contributed by atoms with Gasteiger partial charge in [-0.05, 0) is 46.4 Å². The van der Waals surface area contributed by atoms with E-state index >= 15 is 0 Å². The Kier molecular flexibility index (Phi) is 5.24. The van der Waals surface area contributed by atoms with Gasteiger partial charge >= 0.3 is 0 Å². The first kappa shape index (κ1) is 15.8. The predicted molar refractivity (Wildman–Crippen MR) is 84.2 cm³/mol. The van der Waals surface area contributed by atoms with Gasteiger partial charge in [-0.2, -0.15) is 0 Å². The molecule has 6 heteroatoms. The minimum Gasteiger partial charge on any atom is -0.380 e. The van der Waals surface area contributed by atoms with Crippen LogP contribution in [0.25, 0.3) is 0 Å². The molecule has 0 aliphatic rings. The van der Waals surface area contributed by atoms with Gasteiger partial charge in [-0.3, -0.25) is 4.79 Å². The van der Waals surface area contributed by atoms with E-state index in [1.54, 1.807) is 46.9 Å². The van der Waals surface area contributed by atoms with Gasteiger partial charge in [0.1, 0.15) is 11.6 Å². The molecule has 21 heavy (non-hydrogen) atoms. The largest absolute Gasteiger partial charge is 0.380 e. The number of amides is 1. The number of carbonyl (C=O) groups is 1. The summed E-state index contributed by atoms with van der Waals surface area (Å²) in [6.07, 6.45) is 0. The summed E-state index contributed by atoms with van der Waals surface area (Å²) in [6, 6.07) is 9.05. The fraction of sp³-hybridized carbons (Fsp3) is 0.133. The van der Waals surface area contributed by atoms with E-state index in [1.165, 1.54) is 7.11 Å². The normalized spacial score (nSPS) is 10.5. The maximum Gasteiger partial charge on any atom is 0.256 e. The van der Waals surface area contributed by atoms with Crippen LogP contribution in [0.3, 0.4) is 0 Å². The standard InChI is InChI=1S/C15H12F2INO2/c1-21-8-9-4-2-3-5-11(9)15(20)19-10-6-12(16)14(18)13(17)7-10/h2-7H,8H2,1H3,(H,19,20). The number of hydrogen-bond donors (Lipinski definition) is 1. The Hall–Kier alpha value is -1.54. The second-order valence-corrected chi connectivity index (χ2v) is 5.38. The van der Waals surface area contributed by atoms with Crippen molar-refractivity contribution in [2.45, 2.75) is 6.61 Å². The monoisotopic (exact) mass is 403 g/mol. The molecule has 0 aliphatic carbocycles. The number of halogens is 3. The van der Waals surface area contributed by atoms with Crippen molar-refractivity contribution < 1.29 is 18.3 Å². The lowest BCUT2D eigenvalue weighted by Gasteiger charge is -2.10. The Bertz CT molecular complexity index is 653. The SMILES string of the molecule is COCc1ccccc1C(=O)Nc1cc(F)c(I)c(F)c1. The molecule has 0 saturated heterocycles. The van der Waals surface area contributed by atoms with Crippen LogP contribution < -0.4 is 5.32 Å². The van der Waals surface area contributed by atoms with Crippen LogP contribution in [-0.2, 0) is 11.3 Å². The lowest BCUT2D eigenvalue weighted by Crippen LogP contribution is -2.15. The summed E-state index contributed by atoms with van der Waals surface area (Å²) in [4.78, 5) is 12.2. The van der Waals surface area contributed by atoms with Crippen molar-refractivity contribution >= 4 is 34.2 Å². The van der Waals surface area contributed by atoms with E-state index in [1.807, 2.05) is 0 Å². The summed E-state index contributed by atoms with van der Waals surface area (Å²) < 4.78 is 31.9. The molecular weight excluding hydrogens is 391 g/mol. The van der Waals surface area contributed by atoms with E-state index in [4.69, 9.17) is 4.74 Å². The van der Waals surface area contributed by atoms with E-state index in [0.29, 0.717) is 11.1 Å². The van der Waals surface area contributed by atoms with Gasteiger partial charge < -0.3 is 10.1 Å². The van der Waals surface area contributed by atoms with E-state index in [2.05, 4.69) is 5.32 Å². The molecule has 1 amide bonds. The molecule has 2 aromatic carbocycles. The van der Waals surface area contributed by atoms with Crippen molar-refractivity contribution in [3.63, 3.8) is 0 Å². The lowest BCUT2D eigenvalue weighted by molar-refractivity contribution is 0.102. The number of carbonyl (C=O) groups excluding carboxylic acids is 1. The summed E-state index contributed by atoms with van der Waals surface area (Å²) in [5.41, 5.74) is 1.17. The Morgan fingerprint density at radius 3 is 2.48 bits per heavy atom. The number of hydrogen-bond acceptors (Lipinski definition) is 2. The molecule has 0 atom stereocenters. The number of methoxy groups -OCH3 is 1. The Morgan fingerprint density at radius 1 is 1.24 bits per heavy atom. The first-order valence-electron chi connectivity index (χ1n) is 6.05. The maximum absolute atomic E-state index is 13.5. The molecule has 110 valence electrons. The van der Waals surface area contributed by atoms with Gasteiger partial charge in [0.15, 0.2) is 0 Å². The predicted octanol–water partition coefficient (Wildman–Crippen LogP) is 3.97. The first-order valence-corrected chi connectivity index (χ1v) is 7.13. The molecule has 0 radical (unpaired) electrons. The highest BCUT2D eigenvalue weighted by atomic mass is 127. The smallest absolute Gasteiger partial charge is 0.256 e. The second-order valence-electron chi connectivity index (χ2n) is 4.30. The number of ether oxygens (including phenoxy) is 1. The van der Waals surface area contributed by atoms with Crippen molar-refractivity contribution in [1.82, 2.24) is 0 Å². The number of anilines is 1. The van der Waals surface area contributed by atoms with Crippen molar-refractivity contribution in [2.24, 2.45) is 0 Å². The van der Waals surface area contributed by atoms with Gasteiger partial charge in [0, 0.05) is 18.4 Å². The molecular formula is C15H12F2INO2. The summed E-state index contributed by atoms with van der Waals surface area (Å²) in [6.45, 7) is 0.277. The number of nitrogens with one attached hydrogen (secondary N) is 1. The molecule has 1 N–H and O–H groups in total. The third-order valence-corrected chi connectivity index (χ3v) is 3.83. The summed E-state index contributed by atoms with van der Waals surface area (Å²) in [5, 5.41) is 2.49. The van der Waals surface area contributed by atoms with Crippen LogP contribution in [0.1, 0.15) is 15.9 Å². The molecule has 0 saturated carbocycles. The quantitative estimate of drug-likeness (QED) is 0.620. The van der Waals surface area contributed by atoms with Crippen molar-refractivity contribution in [2.75, 3.05) is 12.4 Å². The fourth-order valence-corrected chi connectivity index (χ4v) is 2.16. The van der Waals surface area contributed by atoms with E-state index in [0.717, 1.165) is 12.1 Å². The van der Waals surface area contributed by atoms with Crippen LogP contribution in [0, 0.1) is 15.2 Å². The van der Waals surface area contributed by atoms with E-state index < -0.39 is 17.5 Å². The number of rotatable bonds is 4. The van der Waals surface area contributed by atoms with Gasteiger partial charge in [-0.15, -0.1) is 0 Å². The van der Waals surface area contributed by atoms with Crippen LogP contribution >= 0.6 is 22.6 Å². The molecule has 2 rings (SSSR count). The molecule has 2 aromatic rings. The molecule has 0 bridgehead atoms. The highest BCUT2D eigenvalue weighted by Crippen LogP contribution is 2.21. The molecule has 0 fully saturated rings. The van der Waals surface area contributed by atoms with Crippen molar-refractivity contribution in [3.05, 3.63) is 62.7 Å². The summed E-state index contributed by atoms with van der Waals surface area (Å²) >= 11 is 1.57. The second kappa shape index (κ2) is 6.95. The topological polar surface area (TPSA) is 38.3 Å². The van der Waals surface area contributed by atoms with E-state index in [9.17, 15) is 13.6 Å². The average Bonchev–Trinajstić information content (AvgIpc) is 2.45. The van der Waals surface area contributed by atoms with Crippen molar-refractivity contribution in [1.29, 1.82) is 0 Å². The van der Waals surface area contributed by atoms with Crippen molar-refractivity contribution in [3.8, 4) is 0 Å². The van der Waals surface area contributed by atoms with Crippen LogP contribution in [0.4, 0.5) is 14.5 Å². The lowest BCUT2D eigenvalue weighted by atomic mass is 10.1. The van der Waals surface area contributed by atoms with Gasteiger partial charge in [0.05, 0.1) is 10.2 Å². The summed E-state index contributed by atoms with van der Waals surface area (Å²) in [5.74, 6) is -1.87. The third-order valence-electron chi connectivity index (χ3n) is 2.80. The molecule has 0 spiro atoms. The molecule has 0 aromatic heterocycles. The zero-order chi connectivity index (χ0) is 15.4. The Labute approximate surface area is 134 Å². The zero-order valence-electron chi connectivity index (χ0n) is 11.1. The Morgan fingerprint density at radius 2 is 1.86 bits per heavy atom. The first-order chi connectivity index (χ1) is 10.0. The average molecular weight is 403 g/mol. The van der Waals surface area contributed by atoms with E-state index in [-0.39, 0.29) is 15.9 Å². The molecule has 0 heterocycles. The summed E-state index contributed by atoms with van der Waals surface area (Å²) in [7, 11) is 1.53. The number of benzene rings is 2. The third kappa shape index (κ3) is 3.76. The molecule has 3 nitrogen and oxygen atoms in total. The fourth-order valence-electron chi connectivity index (χ4n) is 1.85. The van der Waals surface area contributed by atoms with Crippen LogP contribution in [0.2, 0.25) is 0 Å². The highest BCUT2D eigenvalue weighted by Gasteiger charge is 2.14. The Balaban J connectivity index is 2.26. The molecule has 0 aliphatic heterocycles. The minimum absolute atomic E-state index is 0.0719. The van der Waals surface area contributed by atoms with Gasteiger partial charge in [0.25, 0.3) is 5.91 Å². The van der Waals surface area contributed by atoms with Crippen LogP contribution in [-0.4, -0.2) is 13.0 Å². The van der Waals surface area contributed by atoms with Crippen LogP contribution in [0.15, 0.2) is 36.4 Å². The van der Waals surface area contributed by atoms with Crippen LogP contribution in [0.5, 0.6) is 0 Å².